The predicted molar refractivity (Wildman–Crippen MR) is 82.9 cm³/mol. The van der Waals surface area contributed by atoms with Gasteiger partial charge in [-0.1, -0.05) is 43.7 Å². The van der Waals surface area contributed by atoms with Crippen LogP contribution in [0.4, 0.5) is 0 Å². The van der Waals surface area contributed by atoms with Crippen molar-refractivity contribution in [2.24, 2.45) is 0 Å². The molecule has 0 spiro atoms. The maximum absolute atomic E-state index is 3.66. The molecule has 1 aromatic heterocycles. The van der Waals surface area contributed by atoms with E-state index in [9.17, 15) is 0 Å². The van der Waals surface area contributed by atoms with E-state index in [2.05, 4.69) is 54.0 Å². The van der Waals surface area contributed by atoms with E-state index in [-0.39, 0.29) is 0 Å². The lowest BCUT2D eigenvalue weighted by Gasteiger charge is -2.30. The van der Waals surface area contributed by atoms with E-state index >= 15 is 0 Å². The highest BCUT2D eigenvalue weighted by Crippen LogP contribution is 2.41. The summed E-state index contributed by atoms with van der Waals surface area (Å²) in [6.45, 7) is 3.19. The van der Waals surface area contributed by atoms with Crippen molar-refractivity contribution in [3.8, 4) is 0 Å². The summed E-state index contributed by atoms with van der Waals surface area (Å²) in [7, 11) is 0. The van der Waals surface area contributed by atoms with Crippen molar-refractivity contribution in [3.05, 3.63) is 57.8 Å². The Labute approximate surface area is 119 Å². The van der Waals surface area contributed by atoms with Gasteiger partial charge in [0, 0.05) is 4.88 Å². The lowest BCUT2D eigenvalue weighted by Crippen LogP contribution is -2.24. The fourth-order valence-corrected chi connectivity index (χ4v) is 3.71. The molecule has 1 aliphatic rings. The Balaban J connectivity index is 1.97. The molecule has 100 valence electrons. The lowest BCUT2D eigenvalue weighted by atomic mass is 9.77. The van der Waals surface area contributed by atoms with Crippen LogP contribution >= 0.6 is 11.3 Å². The SMILES string of the molecule is CCNC(c1cccs1)c1ccccc1C1CCC1. The van der Waals surface area contributed by atoms with E-state index in [1.165, 1.54) is 29.7 Å². The second kappa shape index (κ2) is 5.89. The summed E-state index contributed by atoms with van der Waals surface area (Å²) in [5.74, 6) is 0.789. The molecule has 1 aliphatic carbocycles. The summed E-state index contributed by atoms with van der Waals surface area (Å²) in [6, 6.07) is 13.8. The molecule has 19 heavy (non-hydrogen) atoms. The highest BCUT2D eigenvalue weighted by Gasteiger charge is 2.25. The second-order valence-electron chi connectivity index (χ2n) is 5.26. The summed E-state index contributed by atoms with van der Waals surface area (Å²) in [6.07, 6.45) is 4.12. The molecule has 2 aromatic rings. The molecule has 0 saturated heterocycles. The van der Waals surface area contributed by atoms with Crippen LogP contribution in [0.15, 0.2) is 41.8 Å². The third-order valence-corrected chi connectivity index (χ3v) is 5.03. The zero-order chi connectivity index (χ0) is 13.1. The van der Waals surface area contributed by atoms with Gasteiger partial charge in [0.2, 0.25) is 0 Å². The molecule has 1 fully saturated rings. The van der Waals surface area contributed by atoms with Gasteiger partial charge in [0.1, 0.15) is 0 Å². The monoisotopic (exact) mass is 271 g/mol. The van der Waals surface area contributed by atoms with Gasteiger partial charge in [0.25, 0.3) is 0 Å². The van der Waals surface area contributed by atoms with Gasteiger partial charge in [0.05, 0.1) is 6.04 Å². The number of thiophene rings is 1. The molecule has 2 heteroatoms. The first-order valence-electron chi connectivity index (χ1n) is 7.25. The van der Waals surface area contributed by atoms with Gasteiger partial charge < -0.3 is 5.32 Å². The van der Waals surface area contributed by atoms with Gasteiger partial charge in [-0.2, -0.15) is 0 Å². The van der Waals surface area contributed by atoms with Gasteiger partial charge in [-0.3, -0.25) is 0 Å². The third kappa shape index (κ3) is 2.60. The Kier molecular flexibility index (Phi) is 4.00. The van der Waals surface area contributed by atoms with Gasteiger partial charge in [-0.25, -0.2) is 0 Å². The largest absolute Gasteiger partial charge is 0.306 e. The zero-order valence-corrected chi connectivity index (χ0v) is 12.2. The predicted octanol–water partition coefficient (Wildman–Crippen LogP) is 4.71. The number of benzene rings is 1. The Morgan fingerprint density at radius 2 is 2.05 bits per heavy atom. The molecule has 0 amide bonds. The van der Waals surface area contributed by atoms with Gasteiger partial charge in [0.15, 0.2) is 0 Å². The minimum Gasteiger partial charge on any atom is -0.306 e. The normalized spacial score (nSPS) is 17.1. The number of rotatable bonds is 5. The van der Waals surface area contributed by atoms with E-state index in [1.807, 2.05) is 11.3 Å². The lowest BCUT2D eigenvalue weighted by molar-refractivity contribution is 0.414. The van der Waals surface area contributed by atoms with Crippen LogP contribution in [0.3, 0.4) is 0 Å². The molecule has 1 unspecified atom stereocenters. The molecule has 3 rings (SSSR count). The summed E-state index contributed by atoms with van der Waals surface area (Å²) >= 11 is 1.85. The maximum Gasteiger partial charge on any atom is 0.0673 e. The minimum absolute atomic E-state index is 0.363. The molecule has 1 saturated carbocycles. The molecule has 1 heterocycles. The first-order valence-corrected chi connectivity index (χ1v) is 8.13. The van der Waals surface area contributed by atoms with E-state index < -0.39 is 0 Å². The van der Waals surface area contributed by atoms with Crippen molar-refractivity contribution in [2.45, 2.75) is 38.1 Å². The van der Waals surface area contributed by atoms with E-state index in [1.54, 1.807) is 5.56 Å². The Bertz CT molecular complexity index is 514. The molecule has 1 atom stereocenters. The first kappa shape index (κ1) is 12.9. The maximum atomic E-state index is 3.66. The van der Waals surface area contributed by atoms with Gasteiger partial charge >= 0.3 is 0 Å². The zero-order valence-electron chi connectivity index (χ0n) is 11.4. The third-order valence-electron chi connectivity index (χ3n) is 4.09. The van der Waals surface area contributed by atoms with Crippen LogP contribution in [-0.2, 0) is 0 Å². The Hall–Kier alpha value is -1.12. The molecule has 0 aliphatic heterocycles. The minimum atomic E-state index is 0.363. The van der Waals surface area contributed by atoms with Crippen molar-refractivity contribution in [1.82, 2.24) is 5.32 Å². The Morgan fingerprint density at radius 3 is 2.68 bits per heavy atom. The van der Waals surface area contributed by atoms with Crippen molar-refractivity contribution in [3.63, 3.8) is 0 Å². The molecular weight excluding hydrogens is 250 g/mol. The number of hydrogen-bond acceptors (Lipinski definition) is 2. The summed E-state index contributed by atoms with van der Waals surface area (Å²) in [5.41, 5.74) is 3.05. The standard InChI is InChI=1S/C17H21NS/c1-2-18-17(16-11-6-12-19-16)15-10-4-3-9-14(15)13-7-5-8-13/h3-4,6,9-13,17-18H,2,5,7-8H2,1H3. The van der Waals surface area contributed by atoms with Crippen LogP contribution in [-0.4, -0.2) is 6.54 Å². The van der Waals surface area contributed by atoms with Crippen LogP contribution < -0.4 is 5.32 Å². The smallest absolute Gasteiger partial charge is 0.0673 e. The molecule has 0 radical (unpaired) electrons. The number of hydrogen-bond donors (Lipinski definition) is 1. The van der Waals surface area contributed by atoms with Crippen LogP contribution in [0.1, 0.15) is 54.1 Å². The topological polar surface area (TPSA) is 12.0 Å². The fraction of sp³-hybridized carbons (Fsp3) is 0.412. The summed E-state index contributed by atoms with van der Waals surface area (Å²) in [4.78, 5) is 1.42. The van der Waals surface area contributed by atoms with Crippen molar-refractivity contribution < 1.29 is 0 Å². The van der Waals surface area contributed by atoms with Gasteiger partial charge in [-0.05, 0) is 47.9 Å². The highest BCUT2D eigenvalue weighted by atomic mass is 32.1. The fourth-order valence-electron chi connectivity index (χ4n) is 2.89. The van der Waals surface area contributed by atoms with Gasteiger partial charge in [-0.15, -0.1) is 11.3 Å². The van der Waals surface area contributed by atoms with Crippen LogP contribution in [0.2, 0.25) is 0 Å². The van der Waals surface area contributed by atoms with E-state index in [0.29, 0.717) is 6.04 Å². The first-order chi connectivity index (χ1) is 9.40. The molecular formula is C17H21NS. The molecule has 0 bridgehead atoms. The van der Waals surface area contributed by atoms with E-state index in [0.717, 1.165) is 12.5 Å². The van der Waals surface area contributed by atoms with Crippen LogP contribution in [0, 0.1) is 0 Å². The quantitative estimate of drug-likeness (QED) is 0.830. The van der Waals surface area contributed by atoms with E-state index in [4.69, 9.17) is 0 Å². The average molecular weight is 271 g/mol. The Morgan fingerprint density at radius 1 is 1.21 bits per heavy atom. The second-order valence-corrected chi connectivity index (χ2v) is 6.24. The van der Waals surface area contributed by atoms with Crippen LogP contribution in [0.25, 0.3) is 0 Å². The summed E-state index contributed by atoms with van der Waals surface area (Å²) in [5, 5.41) is 5.83. The highest BCUT2D eigenvalue weighted by molar-refractivity contribution is 7.10. The summed E-state index contributed by atoms with van der Waals surface area (Å²) < 4.78 is 0. The molecule has 1 N–H and O–H groups in total. The van der Waals surface area contributed by atoms with Crippen LogP contribution in [0.5, 0.6) is 0 Å². The average Bonchev–Trinajstić information content (AvgIpc) is 2.88. The number of nitrogens with one attached hydrogen (secondary N) is 1. The molecule has 1 nitrogen and oxygen atoms in total. The van der Waals surface area contributed by atoms with Crippen molar-refractivity contribution in [1.29, 1.82) is 0 Å². The van der Waals surface area contributed by atoms with Crippen molar-refractivity contribution >= 4 is 11.3 Å². The van der Waals surface area contributed by atoms with Crippen molar-refractivity contribution in [2.75, 3.05) is 6.54 Å². The molecule has 1 aromatic carbocycles.